The van der Waals surface area contributed by atoms with Crippen molar-refractivity contribution in [2.24, 2.45) is 0 Å². The summed E-state index contributed by atoms with van der Waals surface area (Å²) < 4.78 is 33.9. The van der Waals surface area contributed by atoms with Gasteiger partial charge >= 0.3 is 0 Å². The molecular formula is C27H33F2N5O. The van der Waals surface area contributed by atoms with E-state index in [4.69, 9.17) is 4.74 Å². The minimum Gasteiger partial charge on any atom is -0.381 e. The number of rotatable bonds is 2. The summed E-state index contributed by atoms with van der Waals surface area (Å²) in [6, 6.07) is 7.80. The molecule has 35 heavy (non-hydrogen) atoms. The minimum absolute atomic E-state index is 0.213. The first kappa shape index (κ1) is 26.3. The number of hydrogen-bond acceptors (Lipinski definition) is 5. The van der Waals surface area contributed by atoms with Crippen LogP contribution in [0.5, 0.6) is 0 Å². The summed E-state index contributed by atoms with van der Waals surface area (Å²) in [7, 11) is 0. The van der Waals surface area contributed by atoms with Crippen LogP contribution in [-0.4, -0.2) is 37.9 Å². The molecule has 2 fully saturated rings. The zero-order valence-corrected chi connectivity index (χ0v) is 20.6. The lowest BCUT2D eigenvalue weighted by Crippen LogP contribution is -2.03. The van der Waals surface area contributed by atoms with Gasteiger partial charge in [0.1, 0.15) is 22.8 Å². The molecule has 186 valence electrons. The number of aryl methyl sites for hydroxylation is 1. The topological polar surface area (TPSA) is 65.7 Å². The summed E-state index contributed by atoms with van der Waals surface area (Å²) in [5.74, 6) is -1.29. The molecule has 0 N–H and O–H groups in total. The molecule has 3 aromatic heterocycles. The summed E-state index contributed by atoms with van der Waals surface area (Å²) in [6.45, 7) is 7.82. The van der Waals surface area contributed by atoms with Crippen molar-refractivity contribution in [2.75, 3.05) is 13.2 Å². The number of hydrogen-bond donors (Lipinski definition) is 0. The fourth-order valence-corrected chi connectivity index (χ4v) is 3.44. The smallest absolute Gasteiger partial charge is 0.135 e. The van der Waals surface area contributed by atoms with Crippen LogP contribution in [0.25, 0.3) is 22.3 Å². The van der Waals surface area contributed by atoms with Gasteiger partial charge in [-0.3, -0.25) is 14.6 Å². The molecule has 1 aliphatic heterocycles. The molecule has 0 bridgehead atoms. The van der Waals surface area contributed by atoms with E-state index in [1.54, 1.807) is 12.3 Å². The molecule has 8 heteroatoms. The van der Waals surface area contributed by atoms with E-state index in [1.807, 2.05) is 43.9 Å². The van der Waals surface area contributed by atoms with Crippen molar-refractivity contribution in [3.63, 3.8) is 0 Å². The highest BCUT2D eigenvalue weighted by Gasteiger charge is 2.22. The van der Waals surface area contributed by atoms with Crippen LogP contribution in [0.1, 0.15) is 57.7 Å². The molecule has 0 unspecified atom stereocenters. The molecule has 6 nitrogen and oxygen atoms in total. The second-order valence-corrected chi connectivity index (χ2v) is 8.05. The van der Waals surface area contributed by atoms with Gasteiger partial charge in [-0.1, -0.05) is 13.8 Å². The second kappa shape index (κ2) is 13.6. The maximum atomic E-state index is 13.8. The molecule has 1 aromatic carbocycles. The van der Waals surface area contributed by atoms with Gasteiger partial charge in [-0.25, -0.2) is 13.8 Å². The van der Waals surface area contributed by atoms with Crippen molar-refractivity contribution in [1.29, 1.82) is 0 Å². The average Bonchev–Trinajstić information content (AvgIpc) is 3.60. The van der Waals surface area contributed by atoms with E-state index in [1.165, 1.54) is 50.4 Å². The molecule has 0 radical (unpaired) electrons. The van der Waals surface area contributed by atoms with Gasteiger partial charge in [0, 0.05) is 49.6 Å². The van der Waals surface area contributed by atoms with Crippen LogP contribution in [0.15, 0.2) is 55.1 Å². The van der Waals surface area contributed by atoms with E-state index >= 15 is 0 Å². The van der Waals surface area contributed by atoms with E-state index in [-0.39, 0.29) is 5.56 Å². The van der Waals surface area contributed by atoms with E-state index in [0.29, 0.717) is 16.7 Å². The SMILES string of the molecule is C1CCOCC1.CC.Cc1cnc2c(-c3ccc(F)cc3F)nccc2n1.c1cnn(C2CC2)c1. The van der Waals surface area contributed by atoms with Crippen molar-refractivity contribution in [1.82, 2.24) is 24.7 Å². The van der Waals surface area contributed by atoms with E-state index in [9.17, 15) is 8.78 Å². The summed E-state index contributed by atoms with van der Waals surface area (Å²) in [5, 5.41) is 4.09. The number of ether oxygens (including phenoxy) is 1. The third kappa shape index (κ3) is 7.89. The third-order valence-electron chi connectivity index (χ3n) is 5.29. The average molecular weight is 482 g/mol. The Balaban J connectivity index is 0.000000174. The van der Waals surface area contributed by atoms with Gasteiger partial charge in [0.25, 0.3) is 0 Å². The van der Waals surface area contributed by atoms with Crippen molar-refractivity contribution in [3.05, 3.63) is 72.4 Å². The first-order valence-electron chi connectivity index (χ1n) is 12.2. The van der Waals surface area contributed by atoms with E-state index in [0.717, 1.165) is 31.0 Å². The zero-order chi connectivity index (χ0) is 25.0. The molecule has 2 aliphatic rings. The van der Waals surface area contributed by atoms with Gasteiger partial charge < -0.3 is 4.74 Å². The monoisotopic (exact) mass is 481 g/mol. The number of aromatic nitrogens is 5. The van der Waals surface area contributed by atoms with Crippen molar-refractivity contribution < 1.29 is 13.5 Å². The van der Waals surface area contributed by atoms with E-state index in [2.05, 4.69) is 20.1 Å². The molecule has 4 aromatic rings. The van der Waals surface area contributed by atoms with Crippen LogP contribution < -0.4 is 0 Å². The molecule has 1 saturated carbocycles. The Morgan fingerprint density at radius 2 is 1.74 bits per heavy atom. The van der Waals surface area contributed by atoms with Crippen LogP contribution in [-0.2, 0) is 4.74 Å². The molecule has 0 atom stereocenters. The highest BCUT2D eigenvalue weighted by molar-refractivity contribution is 5.88. The number of benzene rings is 1. The second-order valence-electron chi connectivity index (χ2n) is 8.05. The van der Waals surface area contributed by atoms with Gasteiger partial charge in [0.05, 0.1) is 17.3 Å². The molecular weight excluding hydrogens is 448 g/mol. The first-order chi connectivity index (χ1) is 17.1. The Labute approximate surface area is 205 Å². The largest absolute Gasteiger partial charge is 0.381 e. The molecule has 0 amide bonds. The van der Waals surface area contributed by atoms with Crippen molar-refractivity contribution in [3.8, 4) is 11.3 Å². The lowest BCUT2D eigenvalue weighted by molar-refractivity contribution is 0.0968. The fourth-order valence-electron chi connectivity index (χ4n) is 3.44. The van der Waals surface area contributed by atoms with Gasteiger partial charge in [0.2, 0.25) is 0 Å². The van der Waals surface area contributed by atoms with Gasteiger partial charge in [-0.05, 0) is 63.3 Å². The molecule has 0 spiro atoms. The lowest BCUT2D eigenvalue weighted by Gasteiger charge is -2.08. The third-order valence-corrected chi connectivity index (χ3v) is 5.29. The van der Waals surface area contributed by atoms with Gasteiger partial charge in [-0.2, -0.15) is 5.10 Å². The highest BCUT2D eigenvalue weighted by atomic mass is 19.1. The molecule has 6 rings (SSSR count). The van der Waals surface area contributed by atoms with Crippen LogP contribution in [0.4, 0.5) is 8.78 Å². The van der Waals surface area contributed by atoms with Crippen LogP contribution >= 0.6 is 0 Å². The predicted octanol–water partition coefficient (Wildman–Crippen LogP) is 6.71. The Bertz CT molecular complexity index is 1160. The number of halogens is 2. The standard InChI is InChI=1S/C14H9F2N3.C6H8N2.C5H10O.C2H6/c1-8-7-18-14-12(19-8)4-5-17-13(14)10-3-2-9(15)6-11(10)16;1-4-7-8(5-1)6-2-3-6;1-2-4-6-5-3-1;1-2/h2-7H,1H3;1,4-6H,2-3H2;1-5H2;1-2H3. The molecule has 1 saturated heterocycles. The Morgan fingerprint density at radius 3 is 2.31 bits per heavy atom. The van der Waals surface area contributed by atoms with Crippen LogP contribution in [0.2, 0.25) is 0 Å². The van der Waals surface area contributed by atoms with Crippen molar-refractivity contribution >= 4 is 11.0 Å². The van der Waals surface area contributed by atoms with Gasteiger partial charge in [0.15, 0.2) is 0 Å². The summed E-state index contributed by atoms with van der Waals surface area (Å²) in [6.07, 6.45) is 13.6. The van der Waals surface area contributed by atoms with Crippen molar-refractivity contribution in [2.45, 2.75) is 58.9 Å². The summed E-state index contributed by atoms with van der Waals surface area (Å²) in [5.41, 5.74) is 2.48. The maximum Gasteiger partial charge on any atom is 0.135 e. The highest BCUT2D eigenvalue weighted by Crippen LogP contribution is 2.33. The maximum absolute atomic E-state index is 13.8. The number of pyridine rings is 1. The normalized spacial score (nSPS) is 14.5. The minimum atomic E-state index is -0.664. The quantitative estimate of drug-likeness (QED) is 0.318. The predicted molar refractivity (Wildman–Crippen MR) is 134 cm³/mol. The first-order valence-corrected chi connectivity index (χ1v) is 12.2. The Kier molecular flexibility index (Phi) is 10.2. The fraction of sp³-hybridized carbons (Fsp3) is 0.407. The Morgan fingerprint density at radius 1 is 0.971 bits per heavy atom. The summed E-state index contributed by atoms with van der Waals surface area (Å²) >= 11 is 0. The molecule has 4 heterocycles. The van der Waals surface area contributed by atoms with Crippen LogP contribution in [0.3, 0.4) is 0 Å². The van der Waals surface area contributed by atoms with Gasteiger partial charge in [-0.15, -0.1) is 0 Å². The Hall–Kier alpha value is -3.26. The summed E-state index contributed by atoms with van der Waals surface area (Å²) in [4.78, 5) is 12.7. The number of fused-ring (bicyclic) bond motifs is 1. The molecule has 1 aliphatic carbocycles. The zero-order valence-electron chi connectivity index (χ0n) is 20.6. The van der Waals surface area contributed by atoms with E-state index < -0.39 is 11.6 Å². The lowest BCUT2D eigenvalue weighted by atomic mass is 10.1. The number of nitrogens with zero attached hydrogens (tertiary/aromatic N) is 5. The van der Waals surface area contributed by atoms with Crippen LogP contribution in [0, 0.1) is 18.6 Å².